The molecule has 3 aromatic rings. The largest absolute Gasteiger partial charge is 0.354 e. The van der Waals surface area contributed by atoms with Gasteiger partial charge < -0.3 is 10.2 Å². The highest BCUT2D eigenvalue weighted by molar-refractivity contribution is 7.18. The van der Waals surface area contributed by atoms with Gasteiger partial charge in [0.15, 0.2) is 0 Å². The van der Waals surface area contributed by atoms with Crippen molar-refractivity contribution in [1.29, 1.82) is 0 Å². The van der Waals surface area contributed by atoms with Crippen LogP contribution in [-0.4, -0.2) is 45.9 Å². The molecule has 1 fully saturated rings. The van der Waals surface area contributed by atoms with E-state index in [1.165, 1.54) is 22.2 Å². The van der Waals surface area contributed by atoms with Crippen molar-refractivity contribution in [3.05, 3.63) is 39.6 Å². The number of hydrogen-bond donors (Lipinski definition) is 1. The third-order valence-electron chi connectivity index (χ3n) is 4.78. The molecule has 0 radical (unpaired) electrons. The van der Waals surface area contributed by atoms with Crippen LogP contribution < -0.4 is 10.9 Å². The van der Waals surface area contributed by atoms with Gasteiger partial charge in [-0.1, -0.05) is 6.07 Å². The minimum absolute atomic E-state index is 0.0666. The summed E-state index contributed by atoms with van der Waals surface area (Å²) in [5, 5.41) is 7.17. The van der Waals surface area contributed by atoms with E-state index >= 15 is 0 Å². The molecule has 28 heavy (non-hydrogen) atoms. The Morgan fingerprint density at radius 3 is 2.79 bits per heavy atom. The zero-order chi connectivity index (χ0) is 19.5. The monoisotopic (exact) mass is 416 g/mol. The van der Waals surface area contributed by atoms with Crippen LogP contribution in [0, 0.1) is 0 Å². The van der Waals surface area contributed by atoms with E-state index in [-0.39, 0.29) is 36.9 Å². The van der Waals surface area contributed by atoms with Crippen molar-refractivity contribution >= 4 is 44.7 Å². The third-order valence-corrected chi connectivity index (χ3v) is 6.57. The van der Waals surface area contributed by atoms with E-state index in [2.05, 4.69) is 10.3 Å². The van der Waals surface area contributed by atoms with Crippen LogP contribution in [0.15, 0.2) is 34.0 Å². The number of thiophene rings is 2. The lowest BCUT2D eigenvalue weighted by Gasteiger charge is -2.15. The van der Waals surface area contributed by atoms with Gasteiger partial charge in [0.05, 0.1) is 11.7 Å². The number of fused-ring (bicyclic) bond motifs is 1. The molecule has 0 aromatic carbocycles. The quantitative estimate of drug-likeness (QED) is 0.668. The summed E-state index contributed by atoms with van der Waals surface area (Å²) in [7, 11) is 0. The lowest BCUT2D eigenvalue weighted by atomic mass is 10.2. The number of amides is 2. The molecule has 1 aliphatic heterocycles. The molecule has 4 rings (SSSR count). The van der Waals surface area contributed by atoms with Crippen LogP contribution in [0.3, 0.4) is 0 Å². The van der Waals surface area contributed by atoms with Gasteiger partial charge in [-0.3, -0.25) is 19.0 Å². The Morgan fingerprint density at radius 2 is 2.04 bits per heavy atom. The molecule has 0 aliphatic carbocycles. The maximum Gasteiger partial charge on any atom is 0.263 e. The summed E-state index contributed by atoms with van der Waals surface area (Å²) in [4.78, 5) is 45.0. The van der Waals surface area contributed by atoms with Gasteiger partial charge in [0.2, 0.25) is 11.8 Å². The first-order valence-corrected chi connectivity index (χ1v) is 10.9. The number of hydrogen-bond acceptors (Lipinski definition) is 6. The first-order valence-electron chi connectivity index (χ1n) is 9.18. The Morgan fingerprint density at radius 1 is 1.21 bits per heavy atom. The van der Waals surface area contributed by atoms with Crippen LogP contribution in [0.5, 0.6) is 0 Å². The molecule has 1 saturated heterocycles. The van der Waals surface area contributed by atoms with Crippen molar-refractivity contribution in [2.75, 3.05) is 19.6 Å². The molecule has 1 N–H and O–H groups in total. The highest BCUT2D eigenvalue weighted by Gasteiger charge is 2.18. The second kappa shape index (κ2) is 8.24. The number of rotatable bonds is 6. The van der Waals surface area contributed by atoms with Crippen molar-refractivity contribution in [3.8, 4) is 10.4 Å². The molecular formula is C19H20N4O3S2. The minimum Gasteiger partial charge on any atom is -0.354 e. The maximum absolute atomic E-state index is 12.9. The van der Waals surface area contributed by atoms with Crippen LogP contribution in [0.25, 0.3) is 20.7 Å². The molecular weight excluding hydrogens is 396 g/mol. The van der Waals surface area contributed by atoms with E-state index in [1.54, 1.807) is 11.3 Å². The first-order chi connectivity index (χ1) is 13.6. The highest BCUT2D eigenvalue weighted by atomic mass is 32.1. The average Bonchev–Trinajstić information content (AvgIpc) is 3.44. The van der Waals surface area contributed by atoms with E-state index in [0.717, 1.165) is 36.4 Å². The fourth-order valence-corrected chi connectivity index (χ4v) is 5.06. The zero-order valence-corrected chi connectivity index (χ0v) is 16.9. The second-order valence-electron chi connectivity index (χ2n) is 6.67. The molecule has 0 spiro atoms. The van der Waals surface area contributed by atoms with Gasteiger partial charge in [-0.25, -0.2) is 4.98 Å². The average molecular weight is 417 g/mol. The van der Waals surface area contributed by atoms with Crippen LogP contribution in [0.4, 0.5) is 0 Å². The number of nitrogens with zero attached hydrogens (tertiary/aromatic N) is 3. The molecule has 0 unspecified atom stereocenters. The lowest BCUT2D eigenvalue weighted by molar-refractivity contribution is -0.130. The standard InChI is InChI=1S/C19H20N4O3S2/c24-15(20-6-5-16(25)22-7-1-2-8-22)10-23-12-21-18-17(19(23)26)13(11-28-18)14-4-3-9-27-14/h3-4,9,11-12H,1-2,5-8,10H2,(H,20,24). The molecule has 7 nitrogen and oxygen atoms in total. The number of aromatic nitrogens is 2. The molecule has 4 heterocycles. The van der Waals surface area contributed by atoms with E-state index < -0.39 is 0 Å². The predicted molar refractivity (Wildman–Crippen MR) is 111 cm³/mol. The molecule has 0 bridgehead atoms. The van der Waals surface area contributed by atoms with Gasteiger partial charge in [0.25, 0.3) is 5.56 Å². The summed E-state index contributed by atoms with van der Waals surface area (Å²) in [6, 6.07) is 3.91. The zero-order valence-electron chi connectivity index (χ0n) is 15.2. The first kappa shape index (κ1) is 18.8. The van der Waals surface area contributed by atoms with Gasteiger partial charge in [-0.2, -0.15) is 0 Å². The summed E-state index contributed by atoms with van der Waals surface area (Å²) in [5.74, 6) is -0.234. The van der Waals surface area contributed by atoms with Crippen LogP contribution in [-0.2, 0) is 16.1 Å². The predicted octanol–water partition coefficient (Wildman–Crippen LogP) is 2.32. The Hall–Kier alpha value is -2.52. The highest BCUT2D eigenvalue weighted by Crippen LogP contribution is 2.33. The smallest absolute Gasteiger partial charge is 0.263 e. The fourth-order valence-electron chi connectivity index (χ4n) is 3.34. The molecule has 2 amide bonds. The number of carbonyl (C=O) groups excluding carboxylic acids is 2. The summed E-state index contributed by atoms with van der Waals surface area (Å²) < 4.78 is 1.32. The third kappa shape index (κ3) is 3.85. The van der Waals surface area contributed by atoms with Crippen molar-refractivity contribution in [2.45, 2.75) is 25.8 Å². The number of nitrogens with one attached hydrogen (secondary N) is 1. The topological polar surface area (TPSA) is 84.3 Å². The second-order valence-corrected chi connectivity index (χ2v) is 8.48. The number of carbonyl (C=O) groups is 2. The Kier molecular flexibility index (Phi) is 5.54. The van der Waals surface area contributed by atoms with Gasteiger partial charge in [-0.15, -0.1) is 22.7 Å². The van der Waals surface area contributed by atoms with Crippen LogP contribution >= 0.6 is 22.7 Å². The lowest BCUT2D eigenvalue weighted by Crippen LogP contribution is -2.35. The van der Waals surface area contributed by atoms with Gasteiger partial charge in [-0.05, 0) is 24.3 Å². The van der Waals surface area contributed by atoms with Gasteiger partial charge in [0, 0.05) is 41.9 Å². The SMILES string of the molecule is O=C(Cn1cnc2scc(-c3cccs3)c2c1=O)NCCC(=O)N1CCCC1. The summed E-state index contributed by atoms with van der Waals surface area (Å²) >= 11 is 2.99. The van der Waals surface area contributed by atoms with Crippen molar-refractivity contribution in [2.24, 2.45) is 0 Å². The molecule has 3 aromatic heterocycles. The van der Waals surface area contributed by atoms with Gasteiger partial charge in [0.1, 0.15) is 11.4 Å². The Balaban J connectivity index is 1.42. The van der Waals surface area contributed by atoms with Crippen molar-refractivity contribution < 1.29 is 9.59 Å². The molecule has 0 saturated carbocycles. The van der Waals surface area contributed by atoms with E-state index in [1.807, 2.05) is 27.8 Å². The molecule has 9 heteroatoms. The Labute approximate surface area is 169 Å². The van der Waals surface area contributed by atoms with Crippen molar-refractivity contribution in [1.82, 2.24) is 19.8 Å². The molecule has 0 atom stereocenters. The minimum atomic E-state index is -0.301. The normalized spacial score (nSPS) is 13.9. The molecule has 1 aliphatic rings. The van der Waals surface area contributed by atoms with Crippen LogP contribution in [0.1, 0.15) is 19.3 Å². The Bertz CT molecular complexity index is 1050. The summed E-state index contributed by atoms with van der Waals surface area (Å²) in [6.07, 6.45) is 3.79. The fraction of sp³-hybridized carbons (Fsp3) is 0.368. The number of likely N-dealkylation sites (tertiary alicyclic amines) is 1. The van der Waals surface area contributed by atoms with Gasteiger partial charge >= 0.3 is 0 Å². The van der Waals surface area contributed by atoms with Crippen molar-refractivity contribution in [3.63, 3.8) is 0 Å². The van der Waals surface area contributed by atoms with E-state index in [4.69, 9.17) is 0 Å². The van der Waals surface area contributed by atoms with Crippen LogP contribution in [0.2, 0.25) is 0 Å². The van der Waals surface area contributed by atoms with E-state index in [0.29, 0.717) is 10.2 Å². The van der Waals surface area contributed by atoms with E-state index in [9.17, 15) is 14.4 Å². The summed E-state index contributed by atoms with van der Waals surface area (Å²) in [5.41, 5.74) is 0.636. The summed E-state index contributed by atoms with van der Waals surface area (Å²) in [6.45, 7) is 1.78. The maximum atomic E-state index is 12.9. The molecule has 146 valence electrons.